The summed E-state index contributed by atoms with van der Waals surface area (Å²) in [5.41, 5.74) is 1.84. The highest BCUT2D eigenvalue weighted by Gasteiger charge is 2.23. The van der Waals surface area contributed by atoms with E-state index in [1.165, 1.54) is 29.8 Å². The zero-order chi connectivity index (χ0) is 23.2. The van der Waals surface area contributed by atoms with Crippen LogP contribution in [0.5, 0.6) is 0 Å². The van der Waals surface area contributed by atoms with Crippen molar-refractivity contribution in [3.05, 3.63) is 76.1 Å². The smallest absolute Gasteiger partial charge is 0.295 e. The Kier molecular flexibility index (Phi) is 7.09. The molecule has 1 aliphatic heterocycles. The molecule has 0 saturated carbocycles. The number of hydrogen-bond acceptors (Lipinski definition) is 7. The number of nitrogens with zero attached hydrogens (tertiary/aromatic N) is 5. The van der Waals surface area contributed by atoms with Gasteiger partial charge in [-0.15, -0.1) is 0 Å². The SMILES string of the molecule is CN(CCC1CCN(Cc2ccccc2)CC1)C(=O)c1noc(-c2ccc([N+](=O)[O-])cc2)n1. The Morgan fingerprint density at radius 2 is 1.85 bits per heavy atom. The minimum absolute atomic E-state index is 0.0106. The number of aromatic nitrogens is 2. The molecule has 0 aliphatic carbocycles. The Bertz CT molecular complexity index is 1080. The first-order chi connectivity index (χ1) is 16.0. The number of rotatable bonds is 8. The predicted molar refractivity (Wildman–Crippen MR) is 122 cm³/mol. The van der Waals surface area contributed by atoms with Crippen molar-refractivity contribution in [3.63, 3.8) is 0 Å². The monoisotopic (exact) mass is 449 g/mol. The molecule has 0 atom stereocenters. The zero-order valence-corrected chi connectivity index (χ0v) is 18.6. The molecule has 1 aliphatic rings. The number of amides is 1. The van der Waals surface area contributed by atoms with E-state index in [9.17, 15) is 14.9 Å². The standard InChI is InChI=1S/C24H27N5O4/c1-27(14-11-18-12-15-28(16-13-18)17-19-5-3-2-4-6-19)24(30)22-25-23(33-26-22)20-7-9-21(10-8-20)29(31)32/h2-10,18H,11-17H2,1H3. The van der Waals surface area contributed by atoms with Crippen molar-refractivity contribution in [1.29, 1.82) is 0 Å². The van der Waals surface area contributed by atoms with Crippen LogP contribution >= 0.6 is 0 Å². The van der Waals surface area contributed by atoms with Gasteiger partial charge in [0.1, 0.15) is 0 Å². The van der Waals surface area contributed by atoms with Crippen LogP contribution in [0.1, 0.15) is 35.4 Å². The normalized spacial score (nSPS) is 14.8. The fourth-order valence-electron chi connectivity index (χ4n) is 4.08. The van der Waals surface area contributed by atoms with Gasteiger partial charge in [0.2, 0.25) is 0 Å². The van der Waals surface area contributed by atoms with Crippen LogP contribution in [-0.2, 0) is 6.54 Å². The summed E-state index contributed by atoms with van der Waals surface area (Å²) in [6.45, 7) is 3.76. The second-order valence-electron chi connectivity index (χ2n) is 8.45. The molecule has 1 saturated heterocycles. The van der Waals surface area contributed by atoms with Crippen molar-refractivity contribution in [2.24, 2.45) is 5.92 Å². The fraction of sp³-hybridized carbons (Fsp3) is 0.375. The molecule has 0 bridgehead atoms. The first-order valence-corrected chi connectivity index (χ1v) is 11.1. The lowest BCUT2D eigenvalue weighted by Crippen LogP contribution is -2.35. The summed E-state index contributed by atoms with van der Waals surface area (Å²) in [4.78, 5) is 31.3. The van der Waals surface area contributed by atoms with Gasteiger partial charge in [0.15, 0.2) is 0 Å². The van der Waals surface area contributed by atoms with Crippen LogP contribution in [0.3, 0.4) is 0 Å². The van der Waals surface area contributed by atoms with E-state index in [-0.39, 0.29) is 23.3 Å². The molecule has 1 aromatic heterocycles. The molecule has 1 amide bonds. The van der Waals surface area contributed by atoms with Crippen molar-refractivity contribution in [3.8, 4) is 11.5 Å². The van der Waals surface area contributed by atoms with Crippen LogP contribution in [-0.4, -0.2) is 57.5 Å². The Morgan fingerprint density at radius 3 is 2.52 bits per heavy atom. The lowest BCUT2D eigenvalue weighted by Gasteiger charge is -2.32. The van der Waals surface area contributed by atoms with Crippen molar-refractivity contribution in [2.75, 3.05) is 26.7 Å². The van der Waals surface area contributed by atoms with Gasteiger partial charge in [0, 0.05) is 37.8 Å². The summed E-state index contributed by atoms with van der Waals surface area (Å²) >= 11 is 0. The van der Waals surface area contributed by atoms with Crippen LogP contribution in [0.4, 0.5) is 5.69 Å². The first kappa shape index (κ1) is 22.6. The maximum absolute atomic E-state index is 12.7. The highest BCUT2D eigenvalue weighted by Crippen LogP contribution is 2.23. The summed E-state index contributed by atoms with van der Waals surface area (Å²) in [7, 11) is 1.74. The second-order valence-corrected chi connectivity index (χ2v) is 8.45. The third-order valence-corrected chi connectivity index (χ3v) is 6.12. The van der Waals surface area contributed by atoms with E-state index in [2.05, 4.69) is 39.3 Å². The molecule has 9 nitrogen and oxygen atoms in total. The third-order valence-electron chi connectivity index (χ3n) is 6.12. The molecule has 4 rings (SSSR count). The van der Waals surface area contributed by atoms with Crippen molar-refractivity contribution in [2.45, 2.75) is 25.8 Å². The van der Waals surface area contributed by atoms with E-state index in [4.69, 9.17) is 4.52 Å². The molecular formula is C24H27N5O4. The number of nitro groups is 1. The van der Waals surface area contributed by atoms with Crippen LogP contribution in [0.2, 0.25) is 0 Å². The Hall–Kier alpha value is -3.59. The topological polar surface area (TPSA) is 106 Å². The molecule has 33 heavy (non-hydrogen) atoms. The quantitative estimate of drug-likeness (QED) is 0.378. The number of non-ortho nitro benzene ring substituents is 1. The van der Waals surface area contributed by atoms with E-state index in [0.717, 1.165) is 38.9 Å². The van der Waals surface area contributed by atoms with E-state index in [0.29, 0.717) is 18.0 Å². The van der Waals surface area contributed by atoms with Gasteiger partial charge in [-0.3, -0.25) is 19.8 Å². The second kappa shape index (κ2) is 10.4. The van der Waals surface area contributed by atoms with Crippen molar-refractivity contribution >= 4 is 11.6 Å². The van der Waals surface area contributed by atoms with Gasteiger partial charge < -0.3 is 9.42 Å². The molecule has 0 N–H and O–H groups in total. The van der Waals surface area contributed by atoms with Crippen molar-refractivity contribution < 1.29 is 14.2 Å². The molecule has 0 spiro atoms. The highest BCUT2D eigenvalue weighted by molar-refractivity contribution is 5.90. The summed E-state index contributed by atoms with van der Waals surface area (Å²) in [6, 6.07) is 16.3. The Morgan fingerprint density at radius 1 is 1.15 bits per heavy atom. The van der Waals surface area contributed by atoms with Crippen LogP contribution in [0.25, 0.3) is 11.5 Å². The number of carbonyl (C=O) groups excluding carboxylic acids is 1. The van der Waals surface area contributed by atoms with E-state index < -0.39 is 4.92 Å². The van der Waals surface area contributed by atoms with Gasteiger partial charge in [-0.1, -0.05) is 35.5 Å². The average molecular weight is 450 g/mol. The maximum atomic E-state index is 12.7. The largest absolute Gasteiger partial charge is 0.339 e. The number of carbonyl (C=O) groups is 1. The minimum atomic E-state index is -0.478. The van der Waals surface area contributed by atoms with E-state index in [1.807, 2.05) is 6.07 Å². The van der Waals surface area contributed by atoms with Gasteiger partial charge in [0.25, 0.3) is 23.3 Å². The number of hydrogen-bond donors (Lipinski definition) is 0. The molecule has 2 heterocycles. The zero-order valence-electron chi connectivity index (χ0n) is 18.6. The fourth-order valence-corrected chi connectivity index (χ4v) is 4.08. The lowest BCUT2D eigenvalue weighted by molar-refractivity contribution is -0.384. The molecule has 172 valence electrons. The Labute approximate surface area is 192 Å². The highest BCUT2D eigenvalue weighted by atomic mass is 16.6. The average Bonchev–Trinajstić information content (AvgIpc) is 3.34. The third kappa shape index (κ3) is 5.81. The van der Waals surface area contributed by atoms with Gasteiger partial charge in [-0.25, -0.2) is 0 Å². The Balaban J connectivity index is 1.24. The van der Waals surface area contributed by atoms with Crippen LogP contribution in [0, 0.1) is 16.0 Å². The van der Waals surface area contributed by atoms with Gasteiger partial charge in [0.05, 0.1) is 4.92 Å². The molecule has 1 fully saturated rings. The summed E-state index contributed by atoms with van der Waals surface area (Å²) in [6.07, 6.45) is 3.19. The lowest BCUT2D eigenvalue weighted by atomic mass is 9.93. The van der Waals surface area contributed by atoms with E-state index in [1.54, 1.807) is 11.9 Å². The predicted octanol–water partition coefficient (Wildman–Crippen LogP) is 4.02. The molecule has 3 aromatic rings. The van der Waals surface area contributed by atoms with E-state index >= 15 is 0 Å². The molecular weight excluding hydrogens is 422 g/mol. The van der Waals surface area contributed by atoms with Crippen molar-refractivity contribution in [1.82, 2.24) is 19.9 Å². The number of benzene rings is 2. The maximum Gasteiger partial charge on any atom is 0.295 e. The van der Waals surface area contributed by atoms with Crippen LogP contribution < -0.4 is 0 Å². The molecule has 2 aromatic carbocycles. The number of likely N-dealkylation sites (tertiary alicyclic amines) is 1. The van der Waals surface area contributed by atoms with Gasteiger partial charge in [-0.2, -0.15) is 4.98 Å². The minimum Gasteiger partial charge on any atom is -0.339 e. The van der Waals surface area contributed by atoms with Gasteiger partial charge >= 0.3 is 0 Å². The molecule has 9 heteroatoms. The molecule has 0 radical (unpaired) electrons. The molecule has 0 unspecified atom stereocenters. The van der Waals surface area contributed by atoms with Gasteiger partial charge in [-0.05, 0) is 56.0 Å². The summed E-state index contributed by atoms with van der Waals surface area (Å²) < 4.78 is 5.19. The number of nitro benzene ring substituents is 1. The summed E-state index contributed by atoms with van der Waals surface area (Å²) in [5, 5.41) is 14.6. The number of piperidine rings is 1. The first-order valence-electron chi connectivity index (χ1n) is 11.1. The summed E-state index contributed by atoms with van der Waals surface area (Å²) in [5.74, 6) is 0.442. The van der Waals surface area contributed by atoms with Crippen LogP contribution in [0.15, 0.2) is 59.1 Å².